The van der Waals surface area contributed by atoms with E-state index in [9.17, 15) is 14.4 Å². The van der Waals surface area contributed by atoms with E-state index in [1.54, 1.807) is 35.5 Å². The number of aryl methyl sites for hydroxylation is 2. The number of pyridine rings is 1. The van der Waals surface area contributed by atoms with Crippen LogP contribution in [0.5, 0.6) is 17.4 Å². The Hall–Kier alpha value is -4.92. The number of cyclic esters (lactones) is 1. The Balaban J connectivity index is 1.15. The molecule has 0 radical (unpaired) electrons. The van der Waals surface area contributed by atoms with Crippen LogP contribution in [0.2, 0.25) is 0 Å². The Morgan fingerprint density at radius 1 is 1.10 bits per heavy atom. The lowest BCUT2D eigenvalue weighted by Crippen LogP contribution is -2.59. The van der Waals surface area contributed by atoms with Crippen molar-refractivity contribution in [3.05, 3.63) is 52.5 Å². The lowest BCUT2D eigenvalue weighted by molar-refractivity contribution is -0.142. The van der Waals surface area contributed by atoms with Gasteiger partial charge in [0, 0.05) is 41.8 Å². The molecule has 3 saturated carbocycles. The van der Waals surface area contributed by atoms with Crippen molar-refractivity contribution < 1.29 is 38.1 Å². The quantitative estimate of drug-likeness (QED) is 0.162. The number of fused-ring (bicyclic) bond motifs is 3. The number of nitrogens with one attached hydrogen (secondary N) is 3. The van der Waals surface area contributed by atoms with E-state index >= 15 is 4.79 Å². The fourth-order valence-electron chi connectivity index (χ4n) is 9.56. The van der Waals surface area contributed by atoms with Gasteiger partial charge < -0.3 is 39.8 Å². The van der Waals surface area contributed by atoms with Crippen molar-refractivity contribution in [1.29, 1.82) is 0 Å². The summed E-state index contributed by atoms with van der Waals surface area (Å²) in [4.78, 5) is 68.2. The predicted octanol–water partition coefficient (Wildman–Crippen LogP) is 6.95. The molecular formula is C47H62N6O8S. The lowest BCUT2D eigenvalue weighted by atomic mass is 9.83. The van der Waals surface area contributed by atoms with E-state index in [0.717, 1.165) is 73.0 Å². The Kier molecular flexibility index (Phi) is 13.0. The molecule has 3 aliphatic carbocycles. The molecule has 8 rings (SSSR count). The number of rotatable bonds is 12. The van der Waals surface area contributed by atoms with Gasteiger partial charge in [-0.15, -0.1) is 17.9 Å². The number of hydrogen-bond donors (Lipinski definition) is 3. The largest absolute Gasteiger partial charge is 0.496 e. The second-order valence-electron chi connectivity index (χ2n) is 18.9. The van der Waals surface area contributed by atoms with E-state index in [-0.39, 0.29) is 55.2 Å². The number of amides is 4. The first-order valence-corrected chi connectivity index (χ1v) is 23.4. The van der Waals surface area contributed by atoms with Gasteiger partial charge in [0.05, 0.1) is 36.5 Å². The highest BCUT2D eigenvalue weighted by Crippen LogP contribution is 2.45. The van der Waals surface area contributed by atoms with Gasteiger partial charge >= 0.3 is 6.09 Å². The highest BCUT2D eigenvalue weighted by molar-refractivity contribution is 7.09. The standard InChI is InChI=1S/C47H62N6O8S/c1-6-32-23-47(32,44(56)48-18-16-29-14-15-29)52-42(54)37-20-34-24-53(37)43(55)41(30-11-8-7-9-12-30)51-45(57)60-27-46(3,4)17-10-13-31-19-35-36(21-38(31)58-5)50-40(22-39(35)61-34)59-25-33-26-62-28(2)49-33/h6,19,21-22,26,29-30,32,34,37,41H,1,7-18,20,23-25,27H2,2-5H3,(H,48,56)(H,51,57)(H,52,54)/t32-,34-,37+,41+,47-/m1/s1. The molecule has 2 aliphatic heterocycles. The maximum atomic E-state index is 15.1. The predicted molar refractivity (Wildman–Crippen MR) is 235 cm³/mol. The zero-order valence-corrected chi connectivity index (χ0v) is 37.4. The Bertz CT molecular complexity index is 2170. The van der Waals surface area contributed by atoms with E-state index in [1.807, 2.05) is 24.4 Å². The van der Waals surface area contributed by atoms with Crippen molar-refractivity contribution in [1.82, 2.24) is 30.8 Å². The van der Waals surface area contributed by atoms with Crippen LogP contribution >= 0.6 is 11.3 Å². The number of hydrogen-bond acceptors (Lipinski definition) is 11. The summed E-state index contributed by atoms with van der Waals surface area (Å²) in [6, 6.07) is 3.80. The number of ether oxygens (including phenoxy) is 4. The highest BCUT2D eigenvalue weighted by Gasteiger charge is 2.61. The van der Waals surface area contributed by atoms with Gasteiger partial charge in [0.15, 0.2) is 0 Å². The number of alkyl carbamates (subject to hydrolysis) is 1. The summed E-state index contributed by atoms with van der Waals surface area (Å²) in [6.07, 6.45) is 10.9. The Morgan fingerprint density at radius 2 is 1.90 bits per heavy atom. The maximum Gasteiger partial charge on any atom is 0.407 e. The molecule has 4 bridgehead atoms. The van der Waals surface area contributed by atoms with Gasteiger partial charge in [-0.1, -0.05) is 52.0 Å². The van der Waals surface area contributed by atoms with Crippen molar-refractivity contribution in [3.8, 4) is 17.4 Å². The molecule has 0 unspecified atom stereocenters. The molecule has 334 valence electrons. The van der Waals surface area contributed by atoms with Crippen LogP contribution in [0.15, 0.2) is 36.2 Å². The van der Waals surface area contributed by atoms with Crippen LogP contribution in [-0.2, 0) is 32.1 Å². The van der Waals surface area contributed by atoms with Gasteiger partial charge in [-0.3, -0.25) is 14.4 Å². The van der Waals surface area contributed by atoms with E-state index in [2.05, 4.69) is 41.4 Å². The monoisotopic (exact) mass is 870 g/mol. The average Bonchev–Trinajstić information content (AvgIpc) is 4.13. The fourth-order valence-corrected chi connectivity index (χ4v) is 10.2. The van der Waals surface area contributed by atoms with Gasteiger partial charge in [-0.2, -0.15) is 0 Å². The van der Waals surface area contributed by atoms with Crippen molar-refractivity contribution >= 4 is 46.1 Å². The maximum absolute atomic E-state index is 15.1. The smallest absolute Gasteiger partial charge is 0.407 e. The minimum Gasteiger partial charge on any atom is -0.496 e. The summed E-state index contributed by atoms with van der Waals surface area (Å²) in [5.41, 5.74) is 0.848. The minimum absolute atomic E-state index is 0.0660. The fraction of sp³-hybridized carbons (Fsp3) is 0.617. The van der Waals surface area contributed by atoms with Crippen LogP contribution < -0.4 is 30.2 Å². The molecule has 5 aliphatic rings. The van der Waals surface area contributed by atoms with Crippen LogP contribution in [0.4, 0.5) is 4.79 Å². The van der Waals surface area contributed by atoms with E-state index < -0.39 is 35.7 Å². The topological polar surface area (TPSA) is 170 Å². The van der Waals surface area contributed by atoms with Crippen molar-refractivity contribution in [2.75, 3.05) is 26.8 Å². The molecule has 14 nitrogen and oxygen atoms in total. The summed E-state index contributed by atoms with van der Waals surface area (Å²) in [6.45, 7) is 11.0. The zero-order chi connectivity index (χ0) is 43.6. The number of benzene rings is 1. The number of thiazole rings is 1. The Labute approximate surface area is 368 Å². The summed E-state index contributed by atoms with van der Waals surface area (Å²) >= 11 is 1.55. The molecule has 15 heteroatoms. The molecule has 4 heterocycles. The first-order valence-electron chi connectivity index (χ1n) is 22.5. The molecule has 5 atom stereocenters. The number of nitrogens with zero attached hydrogens (tertiary/aromatic N) is 3. The summed E-state index contributed by atoms with van der Waals surface area (Å²) in [5.74, 6) is 0.711. The van der Waals surface area contributed by atoms with Crippen molar-refractivity contribution in [3.63, 3.8) is 0 Å². The normalized spacial score (nSPS) is 26.7. The zero-order valence-electron chi connectivity index (χ0n) is 36.6. The Morgan fingerprint density at radius 3 is 2.61 bits per heavy atom. The van der Waals surface area contributed by atoms with Crippen LogP contribution in [0.25, 0.3) is 10.9 Å². The molecule has 3 N–H and O–H groups in total. The lowest BCUT2D eigenvalue weighted by Gasteiger charge is -2.35. The SMILES string of the molecule is C=C[C@@H]1C[C@]1(NC(=O)[C@@H]1C[C@@H]2CN1C(=O)[C@H](C1CCCCC1)NC(=O)OCC(C)(C)CCCc1cc3c(cc(OCc4csc(C)n4)nc3cc1OC)O2)C(=O)NCCC1CC1. The van der Waals surface area contributed by atoms with E-state index in [0.29, 0.717) is 48.2 Å². The first kappa shape index (κ1) is 43.7. The molecule has 2 aromatic heterocycles. The van der Waals surface area contributed by atoms with Crippen molar-refractivity contribution in [2.24, 2.45) is 23.2 Å². The molecule has 4 fully saturated rings. The third kappa shape index (κ3) is 9.97. The summed E-state index contributed by atoms with van der Waals surface area (Å²) in [7, 11) is 1.64. The number of carbonyl (C=O) groups excluding carboxylic acids is 4. The molecule has 1 saturated heterocycles. The first-order chi connectivity index (χ1) is 29.8. The highest BCUT2D eigenvalue weighted by atomic mass is 32.1. The van der Waals surface area contributed by atoms with E-state index in [4.69, 9.17) is 23.9 Å². The van der Waals surface area contributed by atoms with Crippen LogP contribution in [0.3, 0.4) is 0 Å². The molecular weight excluding hydrogens is 809 g/mol. The van der Waals surface area contributed by atoms with Crippen LogP contribution in [0.1, 0.15) is 107 Å². The minimum atomic E-state index is -1.15. The third-order valence-electron chi connectivity index (χ3n) is 13.5. The van der Waals surface area contributed by atoms with E-state index in [1.165, 1.54) is 12.8 Å². The third-order valence-corrected chi connectivity index (χ3v) is 14.3. The average molecular weight is 871 g/mol. The van der Waals surface area contributed by atoms with Gasteiger partial charge in [0.2, 0.25) is 23.6 Å². The van der Waals surface area contributed by atoms with Crippen LogP contribution in [-0.4, -0.2) is 89.2 Å². The molecule has 3 aromatic rings. The number of carbonyl (C=O) groups is 4. The van der Waals surface area contributed by atoms with Gasteiger partial charge in [0.25, 0.3) is 0 Å². The van der Waals surface area contributed by atoms with Crippen LogP contribution in [0, 0.1) is 30.1 Å². The second-order valence-corrected chi connectivity index (χ2v) is 19.9. The molecule has 1 aromatic carbocycles. The second kappa shape index (κ2) is 18.4. The number of methoxy groups -OCH3 is 1. The summed E-state index contributed by atoms with van der Waals surface area (Å²) in [5, 5.41) is 12.8. The summed E-state index contributed by atoms with van der Waals surface area (Å²) < 4.78 is 24.9. The molecule has 4 amide bonds. The molecule has 0 spiro atoms. The van der Waals surface area contributed by atoms with Gasteiger partial charge in [-0.05, 0) is 80.8 Å². The number of aromatic nitrogens is 2. The van der Waals surface area contributed by atoms with Crippen molar-refractivity contribution in [2.45, 2.75) is 135 Å². The molecule has 62 heavy (non-hydrogen) atoms. The van der Waals surface area contributed by atoms with Gasteiger partial charge in [0.1, 0.15) is 41.8 Å². The van der Waals surface area contributed by atoms with Gasteiger partial charge in [-0.25, -0.2) is 14.8 Å².